The van der Waals surface area contributed by atoms with E-state index in [4.69, 9.17) is 10.5 Å². The molecule has 0 aliphatic heterocycles. The smallest absolute Gasteiger partial charge is 0.233 e. The van der Waals surface area contributed by atoms with Crippen molar-refractivity contribution in [2.75, 3.05) is 12.8 Å². The van der Waals surface area contributed by atoms with Gasteiger partial charge in [0.05, 0.1) is 12.4 Å². The van der Waals surface area contributed by atoms with Gasteiger partial charge in [-0.3, -0.25) is 4.79 Å². The van der Waals surface area contributed by atoms with Gasteiger partial charge in [-0.15, -0.1) is 11.8 Å². The lowest BCUT2D eigenvalue weighted by atomic mass is 10.2. The highest BCUT2D eigenvalue weighted by atomic mass is 32.2. The van der Waals surface area contributed by atoms with Crippen molar-refractivity contribution in [2.24, 2.45) is 0 Å². The maximum absolute atomic E-state index is 12.1. The van der Waals surface area contributed by atoms with E-state index in [1.807, 2.05) is 26.0 Å². The van der Waals surface area contributed by atoms with Gasteiger partial charge < -0.3 is 15.8 Å². The molecule has 1 aromatic carbocycles. The lowest BCUT2D eigenvalue weighted by Crippen LogP contribution is -2.37. The normalized spacial score (nSPS) is 13.6. The zero-order valence-electron chi connectivity index (χ0n) is 12.6. The molecule has 0 saturated heterocycles. The van der Waals surface area contributed by atoms with Gasteiger partial charge in [0.25, 0.3) is 0 Å². The zero-order valence-corrected chi connectivity index (χ0v) is 13.4. The summed E-state index contributed by atoms with van der Waals surface area (Å²) in [4.78, 5) is 13.0. The van der Waals surface area contributed by atoms with Gasteiger partial charge in [0, 0.05) is 16.6 Å². The van der Waals surface area contributed by atoms with Crippen LogP contribution in [0.2, 0.25) is 0 Å². The molecule has 4 nitrogen and oxygen atoms in total. The van der Waals surface area contributed by atoms with Gasteiger partial charge >= 0.3 is 0 Å². The molecule has 0 radical (unpaired) electrons. The SMILES string of the molecule is CCCC(C)NC(=O)C(C)Sc1cc(OC)ccc1N. The van der Waals surface area contributed by atoms with E-state index in [-0.39, 0.29) is 17.2 Å². The third-order valence-electron chi connectivity index (χ3n) is 3.00. The fourth-order valence-electron chi connectivity index (χ4n) is 1.85. The molecule has 0 heterocycles. The first kappa shape index (κ1) is 16.7. The van der Waals surface area contributed by atoms with E-state index in [1.165, 1.54) is 11.8 Å². The van der Waals surface area contributed by atoms with Gasteiger partial charge in [0.2, 0.25) is 5.91 Å². The number of nitrogens with two attached hydrogens (primary N) is 1. The summed E-state index contributed by atoms with van der Waals surface area (Å²) in [5, 5.41) is 2.83. The quantitative estimate of drug-likeness (QED) is 0.599. The monoisotopic (exact) mass is 296 g/mol. The molecule has 1 aromatic rings. The fourth-order valence-corrected chi connectivity index (χ4v) is 2.80. The van der Waals surface area contributed by atoms with Crippen LogP contribution in [0.25, 0.3) is 0 Å². The molecule has 0 aliphatic rings. The van der Waals surface area contributed by atoms with E-state index in [1.54, 1.807) is 13.2 Å². The van der Waals surface area contributed by atoms with Crippen LogP contribution < -0.4 is 15.8 Å². The molecule has 0 saturated carbocycles. The van der Waals surface area contributed by atoms with Crippen molar-refractivity contribution in [1.29, 1.82) is 0 Å². The maximum Gasteiger partial charge on any atom is 0.233 e. The van der Waals surface area contributed by atoms with Gasteiger partial charge in [-0.1, -0.05) is 13.3 Å². The average molecular weight is 296 g/mol. The minimum absolute atomic E-state index is 0.0400. The predicted molar refractivity (Wildman–Crippen MR) is 85.2 cm³/mol. The first-order chi connectivity index (χ1) is 9.47. The van der Waals surface area contributed by atoms with E-state index < -0.39 is 0 Å². The molecule has 5 heteroatoms. The highest BCUT2D eigenvalue weighted by Crippen LogP contribution is 2.32. The first-order valence-corrected chi connectivity index (χ1v) is 7.76. The van der Waals surface area contributed by atoms with Crippen LogP contribution in [0, 0.1) is 0 Å². The molecule has 1 amide bonds. The molecule has 1 rings (SSSR count). The second-order valence-corrected chi connectivity index (χ2v) is 6.24. The first-order valence-electron chi connectivity index (χ1n) is 6.88. The predicted octanol–water partition coefficient (Wildman–Crippen LogP) is 3.06. The van der Waals surface area contributed by atoms with E-state index >= 15 is 0 Å². The van der Waals surface area contributed by atoms with Crippen molar-refractivity contribution < 1.29 is 9.53 Å². The highest BCUT2D eigenvalue weighted by molar-refractivity contribution is 8.00. The fraction of sp³-hybridized carbons (Fsp3) is 0.533. The second kappa shape index (κ2) is 8.04. The summed E-state index contributed by atoms with van der Waals surface area (Å²) in [6.45, 7) is 6.02. The number of amides is 1. The Kier molecular flexibility index (Phi) is 6.71. The number of carbonyl (C=O) groups excluding carboxylic acids is 1. The Labute approximate surface area is 125 Å². The molecule has 0 aliphatic carbocycles. The van der Waals surface area contributed by atoms with Crippen molar-refractivity contribution in [2.45, 2.75) is 49.8 Å². The summed E-state index contributed by atoms with van der Waals surface area (Å²) >= 11 is 1.45. The number of hydrogen-bond donors (Lipinski definition) is 2. The standard InChI is InChI=1S/C15H24N2O2S/c1-5-6-10(2)17-15(18)11(3)20-14-9-12(19-4)7-8-13(14)16/h7-11H,5-6,16H2,1-4H3,(H,17,18). The summed E-state index contributed by atoms with van der Waals surface area (Å²) < 4.78 is 5.18. The summed E-state index contributed by atoms with van der Waals surface area (Å²) in [5.41, 5.74) is 6.60. The molecular weight excluding hydrogens is 272 g/mol. The second-order valence-electron chi connectivity index (χ2n) is 4.86. The number of thioether (sulfide) groups is 1. The van der Waals surface area contributed by atoms with Crippen LogP contribution in [0.15, 0.2) is 23.1 Å². The number of anilines is 1. The van der Waals surface area contributed by atoms with E-state index in [0.717, 1.165) is 23.5 Å². The zero-order chi connectivity index (χ0) is 15.1. The Bertz CT molecular complexity index is 451. The highest BCUT2D eigenvalue weighted by Gasteiger charge is 2.17. The number of rotatable bonds is 7. The van der Waals surface area contributed by atoms with Crippen LogP contribution in [0.1, 0.15) is 33.6 Å². The molecular formula is C15H24N2O2S. The lowest BCUT2D eigenvalue weighted by Gasteiger charge is -2.17. The summed E-state index contributed by atoms with van der Waals surface area (Å²) in [5.74, 6) is 0.784. The van der Waals surface area contributed by atoms with E-state index in [0.29, 0.717) is 5.69 Å². The largest absolute Gasteiger partial charge is 0.497 e. The molecule has 20 heavy (non-hydrogen) atoms. The van der Waals surface area contributed by atoms with Crippen LogP contribution >= 0.6 is 11.8 Å². The number of ether oxygens (including phenoxy) is 1. The van der Waals surface area contributed by atoms with E-state index in [9.17, 15) is 4.79 Å². The number of benzene rings is 1. The summed E-state index contributed by atoms with van der Waals surface area (Å²) in [6, 6.07) is 5.68. The maximum atomic E-state index is 12.1. The average Bonchev–Trinajstić information content (AvgIpc) is 2.41. The van der Waals surface area contributed by atoms with Crippen LogP contribution in [0.5, 0.6) is 5.75 Å². The van der Waals surface area contributed by atoms with Crippen LogP contribution in [0.3, 0.4) is 0 Å². The minimum atomic E-state index is -0.191. The van der Waals surface area contributed by atoms with Crippen LogP contribution in [0.4, 0.5) is 5.69 Å². The van der Waals surface area contributed by atoms with Crippen molar-refractivity contribution in [3.05, 3.63) is 18.2 Å². The Hall–Kier alpha value is -1.36. The molecule has 112 valence electrons. The number of nitrogens with one attached hydrogen (secondary N) is 1. The molecule has 2 unspecified atom stereocenters. The molecule has 3 N–H and O–H groups in total. The third-order valence-corrected chi connectivity index (χ3v) is 4.18. The summed E-state index contributed by atoms with van der Waals surface area (Å²) in [6.07, 6.45) is 2.05. The van der Waals surface area contributed by atoms with Gasteiger partial charge in [0.1, 0.15) is 5.75 Å². The van der Waals surface area contributed by atoms with Crippen molar-refractivity contribution in [3.8, 4) is 5.75 Å². The molecule has 0 spiro atoms. The van der Waals surface area contributed by atoms with Gasteiger partial charge in [-0.2, -0.15) is 0 Å². The third kappa shape index (κ3) is 4.96. The van der Waals surface area contributed by atoms with Gasteiger partial charge in [-0.25, -0.2) is 0 Å². The van der Waals surface area contributed by atoms with Crippen molar-refractivity contribution in [3.63, 3.8) is 0 Å². The number of carbonyl (C=O) groups is 1. The minimum Gasteiger partial charge on any atom is -0.497 e. The Morgan fingerprint density at radius 2 is 2.15 bits per heavy atom. The summed E-state index contributed by atoms with van der Waals surface area (Å²) in [7, 11) is 1.61. The Balaban J connectivity index is 2.65. The lowest BCUT2D eigenvalue weighted by molar-refractivity contribution is -0.120. The van der Waals surface area contributed by atoms with Gasteiger partial charge in [-0.05, 0) is 38.5 Å². The van der Waals surface area contributed by atoms with Gasteiger partial charge in [0.15, 0.2) is 0 Å². The number of methoxy groups -OCH3 is 1. The van der Waals surface area contributed by atoms with Crippen molar-refractivity contribution >= 4 is 23.4 Å². The Morgan fingerprint density at radius 3 is 2.75 bits per heavy atom. The topological polar surface area (TPSA) is 64.3 Å². The molecule has 0 fully saturated rings. The van der Waals surface area contributed by atoms with E-state index in [2.05, 4.69) is 12.2 Å². The number of nitrogen functional groups attached to an aromatic ring is 1. The molecule has 0 bridgehead atoms. The van der Waals surface area contributed by atoms with Crippen LogP contribution in [-0.2, 0) is 4.79 Å². The number of hydrogen-bond acceptors (Lipinski definition) is 4. The Morgan fingerprint density at radius 1 is 1.45 bits per heavy atom. The molecule has 0 aromatic heterocycles. The molecule has 2 atom stereocenters. The van der Waals surface area contributed by atoms with Crippen LogP contribution in [-0.4, -0.2) is 24.3 Å². The van der Waals surface area contributed by atoms with Crippen molar-refractivity contribution in [1.82, 2.24) is 5.32 Å².